The summed E-state index contributed by atoms with van der Waals surface area (Å²) < 4.78 is 1.16. The number of phenolic OH excluding ortho intramolecular Hbond substituents is 2. The predicted octanol–water partition coefficient (Wildman–Crippen LogP) is -0.120. The zero-order chi connectivity index (χ0) is 17.3. The molecule has 2 heterocycles. The van der Waals surface area contributed by atoms with Crippen LogP contribution < -0.4 is 10.9 Å². The SMILES string of the molecule is O=C(C[C@H]1NCCC[C@@H]1O)Cn1cnc2cc(O)c(O)cc2c1=O. The van der Waals surface area contributed by atoms with Crippen molar-refractivity contribution in [1.29, 1.82) is 0 Å². The van der Waals surface area contributed by atoms with Crippen molar-refractivity contribution in [2.45, 2.75) is 38.0 Å². The molecule has 1 aliphatic heterocycles. The van der Waals surface area contributed by atoms with Gasteiger partial charge in [0.05, 0.1) is 29.9 Å². The monoisotopic (exact) mass is 333 g/mol. The first-order valence-electron chi connectivity index (χ1n) is 7.80. The normalized spacial score (nSPS) is 21.0. The summed E-state index contributed by atoms with van der Waals surface area (Å²) in [6.45, 7) is 0.601. The minimum absolute atomic E-state index is 0.122. The number of nitrogens with zero attached hydrogens (tertiary/aromatic N) is 2. The average Bonchev–Trinajstić information content (AvgIpc) is 2.54. The molecule has 128 valence electrons. The molecule has 0 bridgehead atoms. The molecule has 24 heavy (non-hydrogen) atoms. The van der Waals surface area contributed by atoms with Gasteiger partial charge in [0.2, 0.25) is 0 Å². The zero-order valence-corrected chi connectivity index (χ0v) is 13.0. The number of hydrogen-bond acceptors (Lipinski definition) is 7. The molecule has 8 nitrogen and oxygen atoms in total. The third kappa shape index (κ3) is 3.24. The Hall–Kier alpha value is -2.45. The van der Waals surface area contributed by atoms with E-state index in [0.717, 1.165) is 23.6 Å². The topological polar surface area (TPSA) is 125 Å². The van der Waals surface area contributed by atoms with Gasteiger partial charge in [0, 0.05) is 18.5 Å². The molecule has 8 heteroatoms. The summed E-state index contributed by atoms with van der Waals surface area (Å²) in [5.41, 5.74) is -0.232. The molecule has 2 aromatic rings. The first kappa shape index (κ1) is 16.4. The molecular weight excluding hydrogens is 314 g/mol. The molecule has 4 N–H and O–H groups in total. The third-order valence-corrected chi connectivity index (χ3v) is 4.26. The lowest BCUT2D eigenvalue weighted by Gasteiger charge is -2.28. The number of fused-ring (bicyclic) bond motifs is 1. The zero-order valence-electron chi connectivity index (χ0n) is 13.0. The first-order chi connectivity index (χ1) is 11.5. The van der Waals surface area contributed by atoms with Crippen molar-refractivity contribution >= 4 is 16.7 Å². The second kappa shape index (κ2) is 6.58. The Balaban J connectivity index is 1.79. The van der Waals surface area contributed by atoms with E-state index in [4.69, 9.17) is 0 Å². The number of Topliss-reactive ketones (excluding diaryl/α,β-unsaturated/α-hetero) is 1. The Morgan fingerprint density at radius 3 is 2.83 bits per heavy atom. The minimum atomic E-state index is -0.561. The summed E-state index contributed by atoms with van der Waals surface area (Å²) in [4.78, 5) is 28.6. The van der Waals surface area contributed by atoms with Gasteiger partial charge in [-0.3, -0.25) is 14.2 Å². The quantitative estimate of drug-likeness (QED) is 0.575. The molecule has 0 spiro atoms. The van der Waals surface area contributed by atoms with Gasteiger partial charge in [0.15, 0.2) is 17.3 Å². The van der Waals surface area contributed by atoms with Crippen LogP contribution in [0.5, 0.6) is 11.5 Å². The summed E-state index contributed by atoms with van der Waals surface area (Å²) in [7, 11) is 0. The number of aliphatic hydroxyl groups excluding tert-OH is 1. The van der Waals surface area contributed by atoms with Gasteiger partial charge in [-0.05, 0) is 25.5 Å². The highest BCUT2D eigenvalue weighted by Gasteiger charge is 2.25. The third-order valence-electron chi connectivity index (χ3n) is 4.26. The van der Waals surface area contributed by atoms with Crippen molar-refractivity contribution in [3.05, 3.63) is 28.8 Å². The van der Waals surface area contributed by atoms with Crippen LogP contribution in [0.3, 0.4) is 0 Å². The molecule has 1 aromatic heterocycles. The van der Waals surface area contributed by atoms with Crippen LogP contribution in [0, 0.1) is 0 Å². The molecule has 0 saturated carbocycles. The van der Waals surface area contributed by atoms with E-state index in [9.17, 15) is 24.9 Å². The van der Waals surface area contributed by atoms with Crippen molar-refractivity contribution in [2.75, 3.05) is 6.54 Å². The number of aromatic hydroxyl groups is 2. The van der Waals surface area contributed by atoms with Gasteiger partial charge in [-0.15, -0.1) is 0 Å². The summed E-state index contributed by atoms with van der Waals surface area (Å²) in [6, 6.07) is 2.03. The van der Waals surface area contributed by atoms with Crippen LogP contribution in [0.1, 0.15) is 19.3 Å². The van der Waals surface area contributed by atoms with Gasteiger partial charge >= 0.3 is 0 Å². The molecule has 0 radical (unpaired) electrons. The van der Waals surface area contributed by atoms with Gasteiger partial charge in [-0.1, -0.05) is 0 Å². The maximum atomic E-state index is 12.4. The number of aliphatic hydroxyl groups is 1. The summed E-state index contributed by atoms with van der Waals surface area (Å²) >= 11 is 0. The number of nitrogens with one attached hydrogen (secondary N) is 1. The van der Waals surface area contributed by atoms with Crippen LogP contribution in [-0.4, -0.2) is 49.3 Å². The number of rotatable bonds is 4. The molecule has 2 atom stereocenters. The van der Waals surface area contributed by atoms with Crippen LogP contribution >= 0.6 is 0 Å². The lowest BCUT2D eigenvalue weighted by Crippen LogP contribution is -2.46. The van der Waals surface area contributed by atoms with Crippen LogP contribution in [0.25, 0.3) is 10.9 Å². The summed E-state index contributed by atoms with van der Waals surface area (Å²) in [5, 5.41) is 32.1. The molecule has 0 amide bonds. The van der Waals surface area contributed by atoms with Crippen LogP contribution in [0.4, 0.5) is 0 Å². The van der Waals surface area contributed by atoms with Gasteiger partial charge in [-0.25, -0.2) is 4.98 Å². The van der Waals surface area contributed by atoms with Crippen molar-refractivity contribution in [2.24, 2.45) is 0 Å². The lowest BCUT2D eigenvalue weighted by atomic mass is 9.97. The molecule has 1 aliphatic rings. The fraction of sp³-hybridized carbons (Fsp3) is 0.438. The molecular formula is C16H19N3O5. The maximum Gasteiger partial charge on any atom is 0.261 e. The van der Waals surface area contributed by atoms with E-state index in [-0.39, 0.29) is 41.4 Å². The highest BCUT2D eigenvalue weighted by Crippen LogP contribution is 2.27. The maximum absolute atomic E-state index is 12.4. The number of ketones is 1. The Morgan fingerprint density at radius 1 is 1.33 bits per heavy atom. The molecule has 0 aliphatic carbocycles. The summed E-state index contributed by atoms with van der Waals surface area (Å²) in [6.07, 6.45) is 2.34. The number of piperidine rings is 1. The fourth-order valence-electron chi connectivity index (χ4n) is 2.94. The smallest absolute Gasteiger partial charge is 0.261 e. The lowest BCUT2D eigenvalue weighted by molar-refractivity contribution is -0.121. The number of carbonyl (C=O) groups is 1. The second-order valence-electron chi connectivity index (χ2n) is 6.05. The van der Waals surface area contributed by atoms with Crippen molar-refractivity contribution in [1.82, 2.24) is 14.9 Å². The van der Waals surface area contributed by atoms with E-state index in [1.807, 2.05) is 0 Å². The highest BCUT2D eigenvalue weighted by molar-refractivity contribution is 5.82. The number of phenols is 2. The number of aromatic nitrogens is 2. The second-order valence-corrected chi connectivity index (χ2v) is 6.05. The van der Waals surface area contributed by atoms with Crippen molar-refractivity contribution in [3.63, 3.8) is 0 Å². The molecule has 3 rings (SSSR count). The number of hydrogen-bond donors (Lipinski definition) is 4. The Bertz CT molecular complexity index is 832. The summed E-state index contributed by atoms with van der Waals surface area (Å²) in [5.74, 6) is -0.972. The first-order valence-corrected chi connectivity index (χ1v) is 7.80. The molecule has 0 unspecified atom stereocenters. The van der Waals surface area contributed by atoms with E-state index in [1.54, 1.807) is 0 Å². The fourth-order valence-corrected chi connectivity index (χ4v) is 2.94. The average molecular weight is 333 g/mol. The van der Waals surface area contributed by atoms with Crippen LogP contribution in [0.15, 0.2) is 23.3 Å². The van der Waals surface area contributed by atoms with E-state index >= 15 is 0 Å². The predicted molar refractivity (Wildman–Crippen MR) is 86.0 cm³/mol. The number of carbonyl (C=O) groups excluding carboxylic acids is 1. The highest BCUT2D eigenvalue weighted by atomic mass is 16.3. The van der Waals surface area contributed by atoms with Gasteiger partial charge in [0.1, 0.15) is 0 Å². The molecule has 1 fully saturated rings. The van der Waals surface area contributed by atoms with Crippen LogP contribution in [0.2, 0.25) is 0 Å². The van der Waals surface area contributed by atoms with E-state index in [2.05, 4.69) is 10.3 Å². The number of benzene rings is 1. The minimum Gasteiger partial charge on any atom is -0.504 e. The molecule has 1 aromatic carbocycles. The van der Waals surface area contributed by atoms with E-state index < -0.39 is 17.4 Å². The van der Waals surface area contributed by atoms with Gasteiger partial charge < -0.3 is 20.6 Å². The van der Waals surface area contributed by atoms with Gasteiger partial charge in [0.25, 0.3) is 5.56 Å². The standard InChI is InChI=1S/C16H19N3O5/c20-9(4-12-13(21)2-1-3-17-12)7-19-8-18-11-6-15(23)14(22)5-10(11)16(19)24/h5-6,8,12-13,17,21-23H,1-4,7H2/t12-,13+/m1/s1. The van der Waals surface area contributed by atoms with Gasteiger partial charge in [-0.2, -0.15) is 0 Å². The Morgan fingerprint density at radius 2 is 2.08 bits per heavy atom. The van der Waals surface area contributed by atoms with E-state index in [1.165, 1.54) is 12.4 Å². The Labute approximate surface area is 137 Å². The van der Waals surface area contributed by atoms with E-state index in [0.29, 0.717) is 6.42 Å². The van der Waals surface area contributed by atoms with Crippen LogP contribution in [-0.2, 0) is 11.3 Å². The largest absolute Gasteiger partial charge is 0.504 e. The molecule has 1 saturated heterocycles. The Kier molecular flexibility index (Phi) is 4.50. The van der Waals surface area contributed by atoms with Crippen molar-refractivity contribution < 1.29 is 20.1 Å². The van der Waals surface area contributed by atoms with Crippen molar-refractivity contribution in [3.8, 4) is 11.5 Å².